The molecule has 1 atom stereocenters. The fourth-order valence-corrected chi connectivity index (χ4v) is 2.65. The number of hydrogen-bond donors (Lipinski definition) is 1. The number of anilines is 1. The molecule has 7 heteroatoms. The molecule has 1 aromatic carbocycles. The van der Waals surface area contributed by atoms with Crippen molar-refractivity contribution < 1.29 is 23.4 Å². The van der Waals surface area contributed by atoms with Crippen LogP contribution >= 0.6 is 0 Å². The number of carboxylic acids is 1. The highest BCUT2D eigenvalue weighted by Gasteiger charge is 2.48. The van der Waals surface area contributed by atoms with Crippen LogP contribution in [0.4, 0.5) is 14.6 Å². The summed E-state index contributed by atoms with van der Waals surface area (Å²) in [6.45, 7) is -0.380. The number of rotatable bonds is 5. The maximum Gasteiger partial charge on any atom is 0.326 e. The number of hydrogen-bond acceptors (Lipinski definition) is 4. The van der Waals surface area contributed by atoms with Crippen LogP contribution < -0.4 is 9.64 Å². The Bertz CT molecular complexity index is 725. The van der Waals surface area contributed by atoms with Gasteiger partial charge in [-0.05, 0) is 11.6 Å². The van der Waals surface area contributed by atoms with Crippen LogP contribution in [0.3, 0.4) is 0 Å². The normalized spacial score (nSPS) is 19.2. The van der Waals surface area contributed by atoms with Crippen molar-refractivity contribution in [1.29, 1.82) is 0 Å². The molecule has 1 fully saturated rings. The van der Waals surface area contributed by atoms with Gasteiger partial charge >= 0.3 is 5.97 Å². The first-order chi connectivity index (χ1) is 11.4. The molecule has 5 nitrogen and oxygen atoms in total. The van der Waals surface area contributed by atoms with Gasteiger partial charge in [-0.25, -0.2) is 13.6 Å². The minimum atomic E-state index is -3.05. The van der Waals surface area contributed by atoms with Crippen LogP contribution in [0.1, 0.15) is 12.0 Å². The molecule has 1 unspecified atom stereocenters. The largest absolute Gasteiger partial charge is 0.480 e. The minimum Gasteiger partial charge on any atom is -0.480 e. The van der Waals surface area contributed by atoms with E-state index >= 15 is 0 Å². The quantitative estimate of drug-likeness (QED) is 0.911. The molecule has 1 aliphatic rings. The minimum absolute atomic E-state index is 0.171. The molecule has 1 aromatic heterocycles. The van der Waals surface area contributed by atoms with Gasteiger partial charge in [-0.2, -0.15) is 4.98 Å². The van der Waals surface area contributed by atoms with Crippen molar-refractivity contribution in [1.82, 2.24) is 4.98 Å². The first-order valence-corrected chi connectivity index (χ1v) is 7.46. The van der Waals surface area contributed by atoms with E-state index in [1.54, 1.807) is 12.1 Å². The third kappa shape index (κ3) is 3.61. The van der Waals surface area contributed by atoms with E-state index in [2.05, 4.69) is 4.98 Å². The van der Waals surface area contributed by atoms with Gasteiger partial charge < -0.3 is 14.7 Å². The second kappa shape index (κ2) is 6.43. The number of alkyl halides is 2. The summed E-state index contributed by atoms with van der Waals surface area (Å²) in [7, 11) is 0. The number of carboxylic acid groups (broad SMARTS) is 1. The Morgan fingerprint density at radius 3 is 2.71 bits per heavy atom. The summed E-state index contributed by atoms with van der Waals surface area (Å²) in [5, 5.41) is 9.16. The zero-order valence-electron chi connectivity index (χ0n) is 12.7. The number of ether oxygens (including phenoxy) is 1. The first kappa shape index (κ1) is 16.2. The topological polar surface area (TPSA) is 62.7 Å². The van der Waals surface area contributed by atoms with Gasteiger partial charge in [-0.15, -0.1) is 0 Å². The van der Waals surface area contributed by atoms with Gasteiger partial charge in [0.05, 0.1) is 6.54 Å². The number of carbonyl (C=O) groups is 1. The van der Waals surface area contributed by atoms with Gasteiger partial charge in [0, 0.05) is 12.5 Å². The van der Waals surface area contributed by atoms with E-state index in [1.807, 2.05) is 30.3 Å². The highest BCUT2D eigenvalue weighted by Crippen LogP contribution is 2.35. The number of aromatic nitrogens is 1. The molecular formula is C17H16F2N2O3. The van der Waals surface area contributed by atoms with E-state index in [4.69, 9.17) is 9.84 Å². The summed E-state index contributed by atoms with van der Waals surface area (Å²) in [4.78, 5) is 16.5. The molecule has 0 spiro atoms. The Hall–Kier alpha value is -2.70. The molecule has 126 valence electrons. The van der Waals surface area contributed by atoms with E-state index < -0.39 is 30.9 Å². The van der Waals surface area contributed by atoms with E-state index in [0.29, 0.717) is 0 Å². The summed E-state index contributed by atoms with van der Waals surface area (Å²) in [6, 6.07) is 12.9. The molecule has 2 aromatic rings. The zero-order valence-corrected chi connectivity index (χ0v) is 12.7. The average molecular weight is 334 g/mol. The van der Waals surface area contributed by atoms with Crippen LogP contribution in [0, 0.1) is 0 Å². The summed E-state index contributed by atoms with van der Waals surface area (Å²) >= 11 is 0. The lowest BCUT2D eigenvalue weighted by Gasteiger charge is -2.22. The molecule has 0 amide bonds. The van der Waals surface area contributed by atoms with Crippen LogP contribution in [0.5, 0.6) is 5.88 Å². The number of benzene rings is 1. The lowest BCUT2D eigenvalue weighted by atomic mass is 10.2. The molecule has 1 saturated heterocycles. The highest BCUT2D eigenvalue weighted by molar-refractivity contribution is 5.79. The van der Waals surface area contributed by atoms with E-state index in [-0.39, 0.29) is 18.3 Å². The first-order valence-electron chi connectivity index (χ1n) is 7.46. The molecule has 0 radical (unpaired) electrons. The molecule has 0 saturated carbocycles. The van der Waals surface area contributed by atoms with Gasteiger partial charge in [0.1, 0.15) is 18.5 Å². The molecule has 1 N–H and O–H groups in total. The van der Waals surface area contributed by atoms with E-state index in [0.717, 1.165) is 10.5 Å². The van der Waals surface area contributed by atoms with Crippen molar-refractivity contribution in [2.75, 3.05) is 11.4 Å². The Labute approximate surface area is 137 Å². The van der Waals surface area contributed by atoms with Gasteiger partial charge in [-0.3, -0.25) is 0 Å². The van der Waals surface area contributed by atoms with Crippen molar-refractivity contribution in [3.63, 3.8) is 0 Å². The van der Waals surface area contributed by atoms with E-state index in [1.165, 1.54) is 6.07 Å². The van der Waals surface area contributed by atoms with Gasteiger partial charge in [0.25, 0.3) is 5.92 Å². The Balaban J connectivity index is 1.76. The second-order valence-corrected chi connectivity index (χ2v) is 5.65. The fourth-order valence-electron chi connectivity index (χ4n) is 2.65. The summed E-state index contributed by atoms with van der Waals surface area (Å²) < 4.78 is 32.8. The molecule has 0 aliphatic carbocycles. The molecule has 24 heavy (non-hydrogen) atoms. The fraction of sp³-hybridized carbons (Fsp3) is 0.294. The smallest absolute Gasteiger partial charge is 0.326 e. The molecule has 0 bridgehead atoms. The van der Waals surface area contributed by atoms with Crippen molar-refractivity contribution in [3.05, 3.63) is 54.1 Å². The van der Waals surface area contributed by atoms with Crippen LogP contribution in [0.2, 0.25) is 0 Å². The third-order valence-corrected chi connectivity index (χ3v) is 3.79. The SMILES string of the molecule is O=C(O)C1CC(F)(F)CN1c1cccc(OCc2ccccc2)n1. The summed E-state index contributed by atoms with van der Waals surface area (Å²) in [5.74, 6) is -3.91. The third-order valence-electron chi connectivity index (χ3n) is 3.79. The molecule has 2 heterocycles. The second-order valence-electron chi connectivity index (χ2n) is 5.65. The Kier molecular flexibility index (Phi) is 4.33. The molecule has 1 aliphatic heterocycles. The predicted octanol–water partition coefficient (Wildman–Crippen LogP) is 2.96. The Morgan fingerprint density at radius 2 is 2.00 bits per heavy atom. The maximum absolute atomic E-state index is 13.6. The highest BCUT2D eigenvalue weighted by atomic mass is 19.3. The average Bonchev–Trinajstić information content (AvgIpc) is 2.90. The van der Waals surface area contributed by atoms with E-state index in [9.17, 15) is 13.6 Å². The van der Waals surface area contributed by atoms with Crippen LogP contribution in [0.15, 0.2) is 48.5 Å². The number of halogens is 2. The van der Waals surface area contributed by atoms with Gasteiger partial charge in [-0.1, -0.05) is 36.4 Å². The van der Waals surface area contributed by atoms with Crippen LogP contribution in [-0.2, 0) is 11.4 Å². The molecular weight excluding hydrogens is 318 g/mol. The zero-order chi connectivity index (χ0) is 17.2. The molecule has 3 rings (SSSR count). The summed E-state index contributed by atoms with van der Waals surface area (Å²) in [6.07, 6.45) is -0.723. The lowest BCUT2D eigenvalue weighted by molar-refractivity contribution is -0.139. The standard InChI is InChI=1S/C17H16F2N2O3/c18-17(19)9-13(16(22)23)21(11-17)14-7-4-8-15(20-14)24-10-12-5-2-1-3-6-12/h1-8,13H,9-11H2,(H,22,23). The number of nitrogens with zero attached hydrogens (tertiary/aromatic N) is 2. The number of aliphatic carboxylic acids is 1. The monoisotopic (exact) mass is 334 g/mol. The van der Waals surface area contributed by atoms with Gasteiger partial charge in [0.2, 0.25) is 5.88 Å². The van der Waals surface area contributed by atoms with Crippen LogP contribution in [0.25, 0.3) is 0 Å². The van der Waals surface area contributed by atoms with Crippen molar-refractivity contribution in [2.45, 2.75) is 25.0 Å². The summed E-state index contributed by atoms with van der Waals surface area (Å²) in [5.41, 5.74) is 0.945. The number of pyridine rings is 1. The lowest BCUT2D eigenvalue weighted by Crippen LogP contribution is -2.36. The van der Waals surface area contributed by atoms with Gasteiger partial charge in [0.15, 0.2) is 0 Å². The van der Waals surface area contributed by atoms with Crippen molar-refractivity contribution in [2.24, 2.45) is 0 Å². The van der Waals surface area contributed by atoms with Crippen LogP contribution in [-0.4, -0.2) is 34.6 Å². The Morgan fingerprint density at radius 1 is 1.25 bits per heavy atom. The maximum atomic E-state index is 13.6. The predicted molar refractivity (Wildman–Crippen MR) is 83.3 cm³/mol. The van der Waals surface area contributed by atoms with Crippen molar-refractivity contribution >= 4 is 11.8 Å². The van der Waals surface area contributed by atoms with Crippen molar-refractivity contribution in [3.8, 4) is 5.88 Å².